The zero-order chi connectivity index (χ0) is 26.3. The molecule has 0 saturated carbocycles. The van der Waals surface area contributed by atoms with Gasteiger partial charge in [-0.15, -0.1) is 0 Å². The Labute approximate surface area is 213 Å². The quantitative estimate of drug-likeness (QED) is 0.0945. The van der Waals surface area contributed by atoms with E-state index in [2.05, 4.69) is 17.6 Å². The highest BCUT2D eigenvalue weighted by Crippen LogP contribution is 2.26. The minimum Gasteiger partial charge on any atom is -0.494 e. The van der Waals surface area contributed by atoms with Gasteiger partial charge in [0.25, 0.3) is 5.91 Å². The second-order valence-corrected chi connectivity index (χ2v) is 8.71. The van der Waals surface area contributed by atoms with Crippen molar-refractivity contribution in [2.75, 3.05) is 13.3 Å². The van der Waals surface area contributed by atoms with Crippen molar-refractivity contribution in [3.05, 3.63) is 42.2 Å². The second kappa shape index (κ2) is 15.6. The molecule has 0 saturated heterocycles. The topological polar surface area (TPSA) is 121 Å². The van der Waals surface area contributed by atoms with Gasteiger partial charge in [0, 0.05) is 5.56 Å². The maximum Gasteiger partial charge on any atom is 0.288 e. The van der Waals surface area contributed by atoms with Gasteiger partial charge in [0.2, 0.25) is 12.3 Å². The summed E-state index contributed by atoms with van der Waals surface area (Å²) in [5.74, 6) is -0.00295. The number of amides is 3. The first kappa shape index (κ1) is 28.9. The van der Waals surface area contributed by atoms with Crippen LogP contribution < -0.4 is 15.4 Å². The van der Waals surface area contributed by atoms with E-state index >= 15 is 0 Å². The number of hydrogen-bond acceptors (Lipinski definition) is 6. The zero-order valence-corrected chi connectivity index (χ0v) is 21.5. The van der Waals surface area contributed by atoms with E-state index in [-0.39, 0.29) is 18.3 Å². The van der Waals surface area contributed by atoms with Crippen molar-refractivity contribution < 1.29 is 28.7 Å². The molecule has 9 heteroatoms. The molecule has 0 bridgehead atoms. The van der Waals surface area contributed by atoms with Gasteiger partial charge < -0.3 is 19.8 Å². The normalized spacial score (nSPS) is 12.4. The highest BCUT2D eigenvalue weighted by molar-refractivity contribution is 5.92. The van der Waals surface area contributed by atoms with E-state index in [1.165, 1.54) is 0 Å². The lowest BCUT2D eigenvalue weighted by Gasteiger charge is -2.30. The average Bonchev–Trinajstić information content (AvgIpc) is 3.39. The van der Waals surface area contributed by atoms with E-state index in [0.717, 1.165) is 37.0 Å². The molecule has 1 aromatic carbocycles. The smallest absolute Gasteiger partial charge is 0.288 e. The zero-order valence-electron chi connectivity index (χ0n) is 21.5. The minimum atomic E-state index is -0.621. The van der Waals surface area contributed by atoms with E-state index in [0.29, 0.717) is 43.1 Å². The van der Waals surface area contributed by atoms with E-state index in [1.807, 2.05) is 38.1 Å². The fourth-order valence-electron chi connectivity index (χ4n) is 4.01. The molecule has 0 radical (unpaired) electrons. The first-order chi connectivity index (χ1) is 17.4. The molecule has 0 aliphatic heterocycles. The second-order valence-electron chi connectivity index (χ2n) is 8.71. The van der Waals surface area contributed by atoms with Crippen LogP contribution in [0.2, 0.25) is 0 Å². The molecule has 0 spiro atoms. The summed E-state index contributed by atoms with van der Waals surface area (Å²) in [5.41, 5.74) is 0.788. The van der Waals surface area contributed by atoms with Crippen molar-refractivity contribution in [2.24, 2.45) is 5.92 Å². The number of furan rings is 1. The summed E-state index contributed by atoms with van der Waals surface area (Å²) >= 11 is 0. The number of carbonyl (C=O) groups excluding carboxylic acids is 3. The molecule has 0 aliphatic carbocycles. The predicted molar refractivity (Wildman–Crippen MR) is 136 cm³/mol. The Morgan fingerprint density at radius 3 is 2.56 bits per heavy atom. The molecule has 3 N–H and O–H groups in total. The Hall–Kier alpha value is -3.33. The van der Waals surface area contributed by atoms with E-state index < -0.39 is 17.9 Å². The van der Waals surface area contributed by atoms with Crippen molar-refractivity contribution >= 4 is 18.2 Å². The Morgan fingerprint density at radius 2 is 1.86 bits per heavy atom. The van der Waals surface area contributed by atoms with Crippen LogP contribution in [0, 0.1) is 5.92 Å². The summed E-state index contributed by atoms with van der Waals surface area (Å²) in [6, 6.07) is 10.1. The van der Waals surface area contributed by atoms with Gasteiger partial charge in [-0.1, -0.05) is 58.6 Å². The van der Waals surface area contributed by atoms with Crippen LogP contribution in [0.25, 0.3) is 11.3 Å². The van der Waals surface area contributed by atoms with Crippen LogP contribution in [0.5, 0.6) is 5.75 Å². The minimum absolute atomic E-state index is 0.107. The fourth-order valence-corrected chi connectivity index (χ4v) is 4.01. The number of nitrogens with zero attached hydrogens (tertiary/aromatic N) is 1. The van der Waals surface area contributed by atoms with Crippen LogP contribution in [-0.2, 0) is 9.59 Å². The predicted octanol–water partition coefficient (Wildman–Crippen LogP) is 4.75. The molecule has 1 unspecified atom stereocenters. The van der Waals surface area contributed by atoms with Gasteiger partial charge in [-0.3, -0.25) is 19.6 Å². The first-order valence-electron chi connectivity index (χ1n) is 12.8. The van der Waals surface area contributed by atoms with Crippen molar-refractivity contribution in [2.45, 2.75) is 71.8 Å². The lowest BCUT2D eigenvalue weighted by atomic mass is 9.89. The van der Waals surface area contributed by atoms with Crippen LogP contribution >= 0.6 is 0 Å². The van der Waals surface area contributed by atoms with Crippen molar-refractivity contribution in [1.82, 2.24) is 15.7 Å². The summed E-state index contributed by atoms with van der Waals surface area (Å²) < 4.78 is 11.4. The van der Waals surface area contributed by atoms with Crippen LogP contribution in [0.3, 0.4) is 0 Å². The molecule has 2 atom stereocenters. The van der Waals surface area contributed by atoms with Gasteiger partial charge >= 0.3 is 0 Å². The largest absolute Gasteiger partial charge is 0.494 e. The molecule has 2 aromatic rings. The highest BCUT2D eigenvalue weighted by atomic mass is 16.5. The summed E-state index contributed by atoms with van der Waals surface area (Å²) in [6.45, 7) is 6.54. The van der Waals surface area contributed by atoms with Crippen LogP contribution in [-0.4, -0.2) is 47.8 Å². The van der Waals surface area contributed by atoms with Gasteiger partial charge in [-0.2, -0.15) is 0 Å². The van der Waals surface area contributed by atoms with Crippen molar-refractivity contribution in [3.8, 4) is 17.1 Å². The molecule has 36 heavy (non-hydrogen) atoms. The third kappa shape index (κ3) is 8.71. The third-order valence-electron chi connectivity index (χ3n) is 5.88. The van der Waals surface area contributed by atoms with Crippen molar-refractivity contribution in [1.29, 1.82) is 0 Å². The van der Waals surface area contributed by atoms with Gasteiger partial charge in [-0.05, 0) is 43.5 Å². The Kier molecular flexibility index (Phi) is 12.5. The van der Waals surface area contributed by atoms with E-state index in [1.54, 1.807) is 12.1 Å². The molecule has 0 fully saturated rings. The first-order valence-corrected chi connectivity index (χ1v) is 12.8. The monoisotopic (exact) mass is 501 g/mol. The summed E-state index contributed by atoms with van der Waals surface area (Å²) in [4.78, 5) is 36.7. The number of benzene rings is 1. The Bertz CT molecular complexity index is 960. The van der Waals surface area contributed by atoms with Crippen LogP contribution in [0.15, 0.2) is 40.8 Å². The Balaban J connectivity index is 1.98. The van der Waals surface area contributed by atoms with Gasteiger partial charge in [0.15, 0.2) is 5.76 Å². The molecule has 1 aromatic heterocycles. The molecule has 2 rings (SSSR count). The van der Waals surface area contributed by atoms with E-state index in [9.17, 15) is 19.6 Å². The fraction of sp³-hybridized carbons (Fsp3) is 0.519. The van der Waals surface area contributed by atoms with Crippen LogP contribution in [0.4, 0.5) is 0 Å². The standard InChI is InChI=1S/C27H39N3O6/c1-4-7-8-13-22(23(10-5-2)30(34)19-31)26(32)28-18-29-27(33)25-15-14-24(36-25)20-11-9-12-21(17-20)35-16-6-3/h9,11-12,14-15,17,19,22-23,34H,4-8,10,13,16,18H2,1-3H3,(H,28,32)(H,29,33)/t22?,23-/m1/s1. The summed E-state index contributed by atoms with van der Waals surface area (Å²) in [5, 5.41) is 16.0. The van der Waals surface area contributed by atoms with Crippen LogP contribution in [0.1, 0.15) is 76.3 Å². The number of hydrogen-bond donors (Lipinski definition) is 3. The lowest BCUT2D eigenvalue weighted by Crippen LogP contribution is -2.47. The Morgan fingerprint density at radius 1 is 1.06 bits per heavy atom. The number of carbonyl (C=O) groups is 3. The molecule has 9 nitrogen and oxygen atoms in total. The van der Waals surface area contributed by atoms with Crippen molar-refractivity contribution in [3.63, 3.8) is 0 Å². The number of nitrogens with one attached hydrogen (secondary N) is 2. The van der Waals surface area contributed by atoms with Gasteiger partial charge in [-0.25, -0.2) is 5.06 Å². The molecular formula is C27H39N3O6. The number of rotatable bonds is 17. The third-order valence-corrected chi connectivity index (χ3v) is 5.88. The average molecular weight is 502 g/mol. The SMILES string of the molecule is CCCCCC(C(=O)NCNC(=O)c1ccc(-c2cccc(OCCC)c2)o1)[C@@H](CCC)N(O)C=O. The maximum atomic E-state index is 12.9. The molecule has 0 aliphatic rings. The lowest BCUT2D eigenvalue weighted by molar-refractivity contribution is -0.169. The molecular weight excluding hydrogens is 462 g/mol. The van der Waals surface area contributed by atoms with Gasteiger partial charge in [0.1, 0.15) is 11.5 Å². The number of unbranched alkanes of at least 4 members (excludes halogenated alkanes) is 2. The maximum absolute atomic E-state index is 12.9. The highest BCUT2D eigenvalue weighted by Gasteiger charge is 2.31. The number of hydroxylamine groups is 2. The molecule has 3 amide bonds. The molecule has 1 heterocycles. The van der Waals surface area contributed by atoms with E-state index in [4.69, 9.17) is 9.15 Å². The summed E-state index contributed by atoms with van der Waals surface area (Å²) in [7, 11) is 0. The summed E-state index contributed by atoms with van der Waals surface area (Å²) in [6.07, 6.45) is 5.70. The van der Waals surface area contributed by atoms with Gasteiger partial charge in [0.05, 0.1) is 25.2 Å². The number of ether oxygens (including phenoxy) is 1. The molecule has 198 valence electrons.